The second kappa shape index (κ2) is 15.3. The van der Waals surface area contributed by atoms with Crippen molar-refractivity contribution in [1.82, 2.24) is 14.0 Å². The molecule has 0 aliphatic carbocycles. The Morgan fingerprint density at radius 2 is 1.32 bits per heavy atom. The molecule has 0 fully saturated rings. The second-order valence-corrected chi connectivity index (χ2v) is 8.64. The van der Waals surface area contributed by atoms with Crippen molar-refractivity contribution in [1.29, 1.82) is 5.41 Å². The second-order valence-electron chi connectivity index (χ2n) is 8.64. The Kier molecular flexibility index (Phi) is 12.6. The number of unbranched alkanes of at least 4 members (excludes halogenated alkanes) is 9. The first-order valence-electron chi connectivity index (χ1n) is 12.8. The molecule has 0 saturated heterocycles. The zero-order valence-corrected chi connectivity index (χ0v) is 20.4. The van der Waals surface area contributed by atoms with Crippen LogP contribution in [-0.4, -0.2) is 40.3 Å². The maximum absolute atomic E-state index is 8.71. The number of hydrogen-bond acceptors (Lipinski definition) is 3. The van der Waals surface area contributed by atoms with Gasteiger partial charge in [-0.05, 0) is 31.6 Å². The van der Waals surface area contributed by atoms with E-state index >= 15 is 0 Å². The van der Waals surface area contributed by atoms with E-state index in [9.17, 15) is 0 Å². The molecule has 0 saturated carbocycles. The van der Waals surface area contributed by atoms with Crippen molar-refractivity contribution in [3.05, 3.63) is 29.9 Å². The summed E-state index contributed by atoms with van der Waals surface area (Å²) in [7, 11) is 0. The van der Waals surface area contributed by atoms with Gasteiger partial charge in [-0.2, -0.15) is 0 Å². The van der Waals surface area contributed by atoms with E-state index < -0.39 is 0 Å². The molecular weight excluding hydrogens is 384 g/mol. The van der Waals surface area contributed by atoms with Crippen LogP contribution >= 0.6 is 0 Å². The first-order valence-corrected chi connectivity index (χ1v) is 12.8. The summed E-state index contributed by atoms with van der Waals surface area (Å²) in [6, 6.07) is 8.33. The van der Waals surface area contributed by atoms with E-state index in [1.54, 1.807) is 0 Å². The summed E-state index contributed by atoms with van der Waals surface area (Å²) in [5, 5.41) is 8.71. The molecule has 176 valence electrons. The van der Waals surface area contributed by atoms with Gasteiger partial charge in [0.1, 0.15) is 6.73 Å². The third-order valence-corrected chi connectivity index (χ3v) is 6.37. The average Bonchev–Trinajstić information content (AvgIpc) is 3.06. The molecule has 1 aromatic carbocycles. The van der Waals surface area contributed by atoms with Crippen molar-refractivity contribution >= 4 is 11.0 Å². The van der Waals surface area contributed by atoms with E-state index in [1.807, 2.05) is 4.57 Å². The van der Waals surface area contributed by atoms with Crippen LogP contribution in [0.1, 0.15) is 85.0 Å². The number of nitrogens with zero attached hydrogens (tertiary/aromatic N) is 3. The number of ether oxygens (including phenoxy) is 1. The Labute approximate surface area is 189 Å². The minimum Gasteiger partial charge on any atom is -0.361 e. The van der Waals surface area contributed by atoms with Crippen LogP contribution < -0.4 is 5.62 Å². The lowest BCUT2D eigenvalue weighted by Gasteiger charge is -2.18. The average molecular weight is 431 g/mol. The largest absolute Gasteiger partial charge is 0.361 e. The molecule has 5 nitrogen and oxygen atoms in total. The Hall–Kier alpha value is -1.59. The topological polar surface area (TPSA) is 46.2 Å². The molecule has 0 unspecified atom stereocenters. The standard InChI is InChI=1S/C26H46N4O/c1-4-7-8-9-10-11-12-13-14-17-22-31-23-30-25-19-16-15-18-24(25)29(26(30)27)21-20-28(5-2)6-3/h15-16,18-19,27H,4-14,17,20-23H2,1-3H3. The number of nitrogens with one attached hydrogen (secondary N) is 1. The smallest absolute Gasteiger partial charge is 0.204 e. The molecule has 0 aliphatic heterocycles. The molecule has 1 heterocycles. The van der Waals surface area contributed by atoms with Crippen molar-refractivity contribution in [2.45, 2.75) is 98.3 Å². The first-order chi connectivity index (χ1) is 15.2. The molecule has 0 atom stereocenters. The van der Waals surface area contributed by atoms with Gasteiger partial charge in [-0.3, -0.25) is 9.98 Å². The molecule has 0 spiro atoms. The van der Waals surface area contributed by atoms with Gasteiger partial charge in [-0.25, -0.2) is 0 Å². The molecular formula is C26H46N4O. The van der Waals surface area contributed by atoms with Crippen molar-refractivity contribution in [3.63, 3.8) is 0 Å². The fourth-order valence-electron chi connectivity index (χ4n) is 4.28. The summed E-state index contributed by atoms with van der Waals surface area (Å²) in [6.45, 7) is 11.8. The molecule has 0 aliphatic rings. The molecule has 31 heavy (non-hydrogen) atoms. The highest BCUT2D eigenvalue weighted by atomic mass is 16.5. The maximum atomic E-state index is 8.71. The van der Waals surface area contributed by atoms with Gasteiger partial charge in [0.25, 0.3) is 0 Å². The predicted octanol–water partition coefficient (Wildman–Crippen LogP) is 6.16. The van der Waals surface area contributed by atoms with Gasteiger partial charge in [0.15, 0.2) is 0 Å². The maximum Gasteiger partial charge on any atom is 0.204 e. The highest BCUT2D eigenvalue weighted by molar-refractivity contribution is 5.75. The van der Waals surface area contributed by atoms with E-state index in [-0.39, 0.29) is 0 Å². The molecule has 0 amide bonds. The monoisotopic (exact) mass is 430 g/mol. The lowest BCUT2D eigenvalue weighted by molar-refractivity contribution is 0.0728. The number of fused-ring (bicyclic) bond motifs is 1. The fourth-order valence-corrected chi connectivity index (χ4v) is 4.28. The molecule has 0 bridgehead atoms. The van der Waals surface area contributed by atoms with Gasteiger partial charge in [0.05, 0.1) is 11.0 Å². The van der Waals surface area contributed by atoms with E-state index in [0.29, 0.717) is 12.3 Å². The zero-order chi connectivity index (χ0) is 22.3. The number of para-hydroxylation sites is 2. The minimum atomic E-state index is 0.467. The minimum absolute atomic E-state index is 0.467. The fraction of sp³-hybridized carbons (Fsp3) is 0.731. The van der Waals surface area contributed by atoms with Crippen molar-refractivity contribution < 1.29 is 4.74 Å². The van der Waals surface area contributed by atoms with Gasteiger partial charge < -0.3 is 14.2 Å². The Bertz CT molecular complexity index is 775. The number of aromatic nitrogens is 2. The van der Waals surface area contributed by atoms with Crippen LogP contribution in [0.15, 0.2) is 24.3 Å². The van der Waals surface area contributed by atoms with E-state index in [2.05, 4.69) is 54.5 Å². The number of imidazole rings is 1. The molecule has 0 radical (unpaired) electrons. The molecule has 5 heteroatoms. The number of likely N-dealkylation sites (N-methyl/N-ethyl adjacent to an activating group) is 1. The van der Waals surface area contributed by atoms with Gasteiger partial charge in [-0.1, -0.05) is 90.7 Å². The van der Waals surface area contributed by atoms with Crippen LogP contribution in [0.4, 0.5) is 0 Å². The summed E-state index contributed by atoms with van der Waals surface area (Å²) in [5.74, 6) is 0. The van der Waals surface area contributed by atoms with Crippen LogP contribution in [0.3, 0.4) is 0 Å². The van der Waals surface area contributed by atoms with Crippen molar-refractivity contribution in [2.75, 3.05) is 26.2 Å². The van der Waals surface area contributed by atoms with Gasteiger partial charge in [0.2, 0.25) is 5.62 Å². The van der Waals surface area contributed by atoms with E-state index in [0.717, 1.165) is 50.2 Å². The predicted molar refractivity (Wildman–Crippen MR) is 131 cm³/mol. The van der Waals surface area contributed by atoms with Crippen molar-refractivity contribution in [2.24, 2.45) is 0 Å². The van der Waals surface area contributed by atoms with Gasteiger partial charge in [0, 0.05) is 19.7 Å². The van der Waals surface area contributed by atoms with Gasteiger partial charge >= 0.3 is 0 Å². The summed E-state index contributed by atoms with van der Waals surface area (Å²) >= 11 is 0. The van der Waals surface area contributed by atoms with Crippen LogP contribution in [0, 0.1) is 5.41 Å². The van der Waals surface area contributed by atoms with Crippen LogP contribution in [-0.2, 0) is 18.0 Å². The molecule has 1 aromatic heterocycles. The van der Waals surface area contributed by atoms with Crippen molar-refractivity contribution in [3.8, 4) is 0 Å². The molecule has 2 aromatic rings. The Morgan fingerprint density at radius 1 is 0.774 bits per heavy atom. The SMILES string of the molecule is CCCCCCCCCCCCOCn1c(=N)n(CCN(CC)CC)c2ccccc21. The molecule has 1 N–H and O–H groups in total. The number of hydrogen-bond donors (Lipinski definition) is 1. The van der Waals surface area contributed by atoms with Gasteiger partial charge in [-0.15, -0.1) is 0 Å². The van der Waals surface area contributed by atoms with E-state index in [4.69, 9.17) is 10.1 Å². The lowest BCUT2D eigenvalue weighted by atomic mass is 10.1. The third-order valence-electron chi connectivity index (χ3n) is 6.37. The number of benzene rings is 1. The van der Waals surface area contributed by atoms with Crippen LogP contribution in [0.5, 0.6) is 0 Å². The van der Waals surface area contributed by atoms with Crippen LogP contribution in [0.25, 0.3) is 11.0 Å². The summed E-state index contributed by atoms with van der Waals surface area (Å²) in [4.78, 5) is 2.40. The zero-order valence-electron chi connectivity index (χ0n) is 20.4. The quantitative estimate of drug-likeness (QED) is 0.288. The number of rotatable bonds is 18. The molecule has 2 rings (SSSR count). The Balaban J connectivity index is 1.74. The normalized spacial score (nSPS) is 11.7. The highest BCUT2D eigenvalue weighted by Gasteiger charge is 2.11. The van der Waals surface area contributed by atoms with Crippen LogP contribution in [0.2, 0.25) is 0 Å². The van der Waals surface area contributed by atoms with E-state index in [1.165, 1.54) is 57.8 Å². The summed E-state index contributed by atoms with van der Waals surface area (Å²) in [5.41, 5.74) is 2.76. The highest BCUT2D eigenvalue weighted by Crippen LogP contribution is 2.14. The summed E-state index contributed by atoms with van der Waals surface area (Å²) in [6.07, 6.45) is 13.4. The third kappa shape index (κ3) is 8.46. The first kappa shape index (κ1) is 25.7. The Morgan fingerprint density at radius 3 is 1.90 bits per heavy atom. The summed E-state index contributed by atoms with van der Waals surface area (Å²) < 4.78 is 10.1. The lowest BCUT2D eigenvalue weighted by Crippen LogP contribution is -2.32.